The molecule has 1 rings (SSSR count). The van der Waals surface area contributed by atoms with Crippen LogP contribution in [0.5, 0.6) is 0 Å². The monoisotopic (exact) mass is 358 g/mol. The van der Waals surface area contributed by atoms with Gasteiger partial charge in [-0.1, -0.05) is 57.1 Å². The summed E-state index contributed by atoms with van der Waals surface area (Å²) < 4.78 is 10.9. The lowest BCUT2D eigenvalue weighted by Crippen LogP contribution is -2.42. The first kappa shape index (κ1) is 22.6. The van der Waals surface area contributed by atoms with Gasteiger partial charge in [-0.05, 0) is 26.2 Å². The third-order valence-corrected chi connectivity index (χ3v) is 4.82. The molecule has 1 fully saturated rings. The van der Waals surface area contributed by atoms with E-state index in [-0.39, 0.29) is 13.2 Å². The van der Waals surface area contributed by atoms with Gasteiger partial charge in [0.1, 0.15) is 24.4 Å². The first-order valence-corrected chi connectivity index (χ1v) is 10.0. The van der Waals surface area contributed by atoms with Crippen molar-refractivity contribution in [2.75, 3.05) is 19.8 Å². The maximum atomic E-state index is 9.79. The van der Waals surface area contributed by atoms with Gasteiger partial charge in [0.2, 0.25) is 0 Å². The lowest BCUT2D eigenvalue weighted by molar-refractivity contribution is -0.101. The highest BCUT2D eigenvalue weighted by atomic mass is 16.6. The van der Waals surface area contributed by atoms with E-state index in [9.17, 15) is 15.3 Å². The van der Waals surface area contributed by atoms with E-state index in [1.54, 1.807) is 0 Å². The zero-order chi connectivity index (χ0) is 18.3. The van der Waals surface area contributed by atoms with Gasteiger partial charge in [0.05, 0.1) is 13.2 Å². The molecule has 1 aliphatic rings. The number of unbranched alkanes of at least 4 members (excludes halogenated alkanes) is 9. The Morgan fingerprint density at radius 2 is 1.60 bits per heavy atom. The topological polar surface area (TPSA) is 79.2 Å². The first-order valence-electron chi connectivity index (χ1n) is 10.0. The highest BCUT2D eigenvalue weighted by Gasteiger charge is 2.40. The van der Waals surface area contributed by atoms with Crippen LogP contribution in [0.15, 0.2) is 12.2 Å². The number of aliphatic hydroxyl groups is 3. The van der Waals surface area contributed by atoms with Gasteiger partial charge < -0.3 is 24.8 Å². The van der Waals surface area contributed by atoms with E-state index in [0.717, 1.165) is 12.8 Å². The minimum Gasteiger partial charge on any atom is -0.394 e. The van der Waals surface area contributed by atoms with Crippen molar-refractivity contribution in [1.29, 1.82) is 0 Å². The molecule has 0 spiro atoms. The fourth-order valence-corrected chi connectivity index (χ4v) is 3.21. The standard InChI is InChI=1S/C20H38O5/c1-2-3-4-5-6-7-8-9-10-11-12-13-14-24-18(15-21)20-19(23)17(22)16-25-20/h2-3,17-23H,4-16H2,1H3/b3-2+/t17-,18+,19+,20+/m0/s1. The van der Waals surface area contributed by atoms with Crippen molar-refractivity contribution in [3.8, 4) is 0 Å². The van der Waals surface area contributed by atoms with Crippen molar-refractivity contribution >= 4 is 0 Å². The summed E-state index contributed by atoms with van der Waals surface area (Å²) in [5, 5.41) is 28.7. The molecule has 1 aliphatic heterocycles. The molecule has 0 bridgehead atoms. The number of hydrogen-bond acceptors (Lipinski definition) is 5. The molecule has 0 unspecified atom stereocenters. The van der Waals surface area contributed by atoms with E-state index in [1.807, 2.05) is 0 Å². The Balaban J connectivity index is 1.91. The van der Waals surface area contributed by atoms with Crippen LogP contribution in [-0.4, -0.2) is 59.6 Å². The summed E-state index contributed by atoms with van der Waals surface area (Å²) in [5.41, 5.74) is 0. The van der Waals surface area contributed by atoms with E-state index >= 15 is 0 Å². The Bertz CT molecular complexity index is 334. The zero-order valence-electron chi connectivity index (χ0n) is 15.8. The van der Waals surface area contributed by atoms with Crippen molar-refractivity contribution in [3.05, 3.63) is 12.2 Å². The van der Waals surface area contributed by atoms with Gasteiger partial charge in [-0.3, -0.25) is 0 Å². The summed E-state index contributed by atoms with van der Waals surface area (Å²) in [7, 11) is 0. The maximum absolute atomic E-state index is 9.79. The van der Waals surface area contributed by atoms with E-state index in [0.29, 0.717) is 6.61 Å². The van der Waals surface area contributed by atoms with Crippen LogP contribution in [0, 0.1) is 0 Å². The Morgan fingerprint density at radius 1 is 1.00 bits per heavy atom. The van der Waals surface area contributed by atoms with Gasteiger partial charge in [-0.2, -0.15) is 0 Å². The number of hydrogen-bond donors (Lipinski definition) is 3. The van der Waals surface area contributed by atoms with Gasteiger partial charge in [-0.15, -0.1) is 0 Å². The van der Waals surface area contributed by atoms with E-state index < -0.39 is 24.4 Å². The number of allylic oxidation sites excluding steroid dienone is 2. The summed E-state index contributed by atoms with van der Waals surface area (Å²) in [4.78, 5) is 0. The second kappa shape index (κ2) is 14.7. The first-order chi connectivity index (χ1) is 12.2. The van der Waals surface area contributed by atoms with E-state index in [1.165, 1.54) is 51.4 Å². The fourth-order valence-electron chi connectivity index (χ4n) is 3.21. The predicted octanol–water partition coefficient (Wildman–Crippen LogP) is 2.96. The molecular formula is C20H38O5. The molecule has 25 heavy (non-hydrogen) atoms. The highest BCUT2D eigenvalue weighted by Crippen LogP contribution is 2.20. The molecule has 0 aromatic rings. The van der Waals surface area contributed by atoms with Crippen LogP contribution in [0.2, 0.25) is 0 Å². The summed E-state index contributed by atoms with van der Waals surface area (Å²) in [5.74, 6) is 0. The summed E-state index contributed by atoms with van der Waals surface area (Å²) in [6.07, 6.45) is 13.7. The van der Waals surface area contributed by atoms with Crippen molar-refractivity contribution in [1.82, 2.24) is 0 Å². The van der Waals surface area contributed by atoms with Crippen LogP contribution in [0.4, 0.5) is 0 Å². The third-order valence-electron chi connectivity index (χ3n) is 4.82. The average molecular weight is 359 g/mol. The van der Waals surface area contributed by atoms with E-state index in [2.05, 4.69) is 19.1 Å². The Hall–Kier alpha value is -0.460. The van der Waals surface area contributed by atoms with Crippen LogP contribution in [0.3, 0.4) is 0 Å². The van der Waals surface area contributed by atoms with Gasteiger partial charge in [0, 0.05) is 6.61 Å². The molecule has 0 radical (unpaired) electrons. The molecule has 148 valence electrons. The molecule has 0 aliphatic carbocycles. The third kappa shape index (κ3) is 9.71. The molecule has 0 saturated carbocycles. The molecule has 5 nitrogen and oxygen atoms in total. The smallest absolute Gasteiger partial charge is 0.114 e. The summed E-state index contributed by atoms with van der Waals surface area (Å²) in [6.45, 7) is 2.52. The minimum atomic E-state index is -0.977. The zero-order valence-corrected chi connectivity index (χ0v) is 15.8. The van der Waals surface area contributed by atoms with Crippen LogP contribution >= 0.6 is 0 Å². The van der Waals surface area contributed by atoms with Gasteiger partial charge in [0.15, 0.2) is 0 Å². The number of aliphatic hydroxyl groups excluding tert-OH is 3. The Labute approximate surface area is 153 Å². The maximum Gasteiger partial charge on any atom is 0.114 e. The SMILES string of the molecule is C/C=C/CCCCCCCCCCCO[C@H](CO)[C@H]1OC[C@H](O)[C@H]1O. The van der Waals surface area contributed by atoms with Crippen LogP contribution in [0.25, 0.3) is 0 Å². The second-order valence-electron chi connectivity index (χ2n) is 6.99. The van der Waals surface area contributed by atoms with Crippen molar-refractivity contribution in [3.63, 3.8) is 0 Å². The van der Waals surface area contributed by atoms with E-state index in [4.69, 9.17) is 9.47 Å². The fraction of sp³-hybridized carbons (Fsp3) is 0.900. The summed E-state index contributed by atoms with van der Waals surface area (Å²) >= 11 is 0. The molecule has 0 aromatic heterocycles. The molecule has 4 atom stereocenters. The highest BCUT2D eigenvalue weighted by molar-refractivity contribution is 4.88. The molecular weight excluding hydrogens is 320 g/mol. The lowest BCUT2D eigenvalue weighted by atomic mass is 10.1. The van der Waals surface area contributed by atoms with Crippen LogP contribution < -0.4 is 0 Å². The largest absolute Gasteiger partial charge is 0.394 e. The lowest BCUT2D eigenvalue weighted by Gasteiger charge is -2.24. The Morgan fingerprint density at radius 3 is 2.12 bits per heavy atom. The van der Waals surface area contributed by atoms with Crippen LogP contribution in [0.1, 0.15) is 71.1 Å². The van der Waals surface area contributed by atoms with Crippen molar-refractivity contribution in [2.45, 2.75) is 95.5 Å². The second-order valence-corrected chi connectivity index (χ2v) is 6.99. The summed E-state index contributed by atoms with van der Waals surface area (Å²) in [6, 6.07) is 0. The molecule has 0 amide bonds. The van der Waals surface area contributed by atoms with Gasteiger partial charge in [-0.25, -0.2) is 0 Å². The quantitative estimate of drug-likeness (QED) is 0.310. The predicted molar refractivity (Wildman–Crippen MR) is 99.6 cm³/mol. The number of ether oxygens (including phenoxy) is 2. The normalized spacial score (nSPS) is 25.0. The minimum absolute atomic E-state index is 0.0982. The van der Waals surface area contributed by atoms with Gasteiger partial charge in [0.25, 0.3) is 0 Å². The Kier molecular flexibility index (Phi) is 13.3. The molecule has 1 heterocycles. The van der Waals surface area contributed by atoms with Crippen molar-refractivity contribution < 1.29 is 24.8 Å². The number of rotatable bonds is 15. The van der Waals surface area contributed by atoms with Crippen LogP contribution in [-0.2, 0) is 9.47 Å². The average Bonchev–Trinajstić information content (AvgIpc) is 2.95. The molecule has 3 N–H and O–H groups in total. The molecule has 5 heteroatoms. The van der Waals surface area contributed by atoms with Gasteiger partial charge >= 0.3 is 0 Å². The van der Waals surface area contributed by atoms with Crippen molar-refractivity contribution in [2.24, 2.45) is 0 Å². The molecule has 0 aromatic carbocycles. The molecule has 1 saturated heterocycles.